The third-order valence-electron chi connectivity index (χ3n) is 6.86. The monoisotopic (exact) mass is 540 g/mol. The average Bonchev–Trinajstić information content (AvgIpc) is 2.99. The highest BCUT2D eigenvalue weighted by Gasteiger charge is 2.23. The molecule has 40 heavy (non-hydrogen) atoms. The lowest BCUT2D eigenvalue weighted by Crippen LogP contribution is -2.43. The van der Waals surface area contributed by atoms with Crippen LogP contribution in [0.25, 0.3) is 11.1 Å². The molecule has 0 radical (unpaired) electrons. The van der Waals surface area contributed by atoms with Crippen LogP contribution in [-0.2, 0) is 11.2 Å². The van der Waals surface area contributed by atoms with Crippen molar-refractivity contribution in [2.45, 2.75) is 32.8 Å². The van der Waals surface area contributed by atoms with E-state index < -0.39 is 5.82 Å². The number of benzene rings is 3. The van der Waals surface area contributed by atoms with Gasteiger partial charge in [-0.1, -0.05) is 44.2 Å². The van der Waals surface area contributed by atoms with Crippen LogP contribution < -0.4 is 15.6 Å². The van der Waals surface area contributed by atoms with Crippen LogP contribution >= 0.6 is 0 Å². The van der Waals surface area contributed by atoms with E-state index in [0.717, 1.165) is 46.5 Å². The molecule has 9 heteroatoms. The molecule has 3 aromatic carbocycles. The fourth-order valence-electron chi connectivity index (χ4n) is 4.67. The Balaban J connectivity index is 1.24. The zero-order valence-electron chi connectivity index (χ0n) is 22.6. The molecule has 1 fully saturated rings. The van der Waals surface area contributed by atoms with Crippen molar-refractivity contribution >= 4 is 29.4 Å². The number of phenols is 1. The lowest BCUT2D eigenvalue weighted by Gasteiger charge is -2.33. The molecule has 4 aromatic rings. The molecule has 8 nitrogen and oxygen atoms in total. The molecule has 0 saturated carbocycles. The van der Waals surface area contributed by atoms with E-state index in [2.05, 4.69) is 45.7 Å². The quantitative estimate of drug-likeness (QED) is 0.168. The van der Waals surface area contributed by atoms with Crippen LogP contribution in [0, 0.1) is 5.82 Å². The lowest BCUT2D eigenvalue weighted by atomic mass is 10.0. The van der Waals surface area contributed by atoms with Crippen LogP contribution in [0.1, 0.15) is 31.4 Å². The van der Waals surface area contributed by atoms with Crippen molar-refractivity contribution in [3.05, 3.63) is 89.9 Å². The first-order chi connectivity index (χ1) is 19.5. The largest absolute Gasteiger partial charge is 0.508 e. The highest BCUT2D eigenvalue weighted by molar-refractivity contribution is 5.83. The molecule has 1 unspecified atom stereocenters. The standard InChI is InChI=1S/C31H33FN6O2/c1-3-21-16-26(35-25-11-8-22(9-12-25)23-6-5-7-27(39)17-23)13-10-24(21)18-34-37-31-33-19-29(32)30(36-31)38-14-15-40-28(4-2)20-38/h5-13,16-19,28,35,39H,3-4,14-15,20H2,1-2H3,(H,33,36,37)/b34-18+. The Hall–Kier alpha value is -4.50. The number of rotatable bonds is 9. The fraction of sp³-hybridized carbons (Fsp3) is 0.258. The number of anilines is 4. The second kappa shape index (κ2) is 12.6. The third-order valence-corrected chi connectivity index (χ3v) is 6.86. The first-order valence-electron chi connectivity index (χ1n) is 13.5. The number of aromatic hydroxyl groups is 1. The summed E-state index contributed by atoms with van der Waals surface area (Å²) >= 11 is 0. The lowest BCUT2D eigenvalue weighted by molar-refractivity contribution is 0.0379. The Morgan fingerprint density at radius 2 is 1.90 bits per heavy atom. The smallest absolute Gasteiger partial charge is 0.245 e. The zero-order chi connectivity index (χ0) is 27.9. The number of halogens is 1. The fourth-order valence-corrected chi connectivity index (χ4v) is 4.67. The van der Waals surface area contributed by atoms with Crippen LogP contribution in [0.5, 0.6) is 5.75 Å². The summed E-state index contributed by atoms with van der Waals surface area (Å²) in [5.41, 5.74) is 8.84. The Bertz CT molecular complexity index is 1480. The van der Waals surface area contributed by atoms with Crippen LogP contribution in [0.15, 0.2) is 78.0 Å². The van der Waals surface area contributed by atoms with E-state index in [-0.39, 0.29) is 23.6 Å². The number of nitrogens with one attached hydrogen (secondary N) is 2. The van der Waals surface area contributed by atoms with Gasteiger partial charge < -0.3 is 20.1 Å². The second-order valence-electron chi connectivity index (χ2n) is 9.60. The molecule has 1 saturated heterocycles. The molecular weight excluding hydrogens is 507 g/mol. The Morgan fingerprint density at radius 1 is 1.07 bits per heavy atom. The Kier molecular flexibility index (Phi) is 8.51. The molecule has 0 spiro atoms. The van der Waals surface area contributed by atoms with E-state index in [4.69, 9.17) is 4.74 Å². The van der Waals surface area contributed by atoms with Crippen LogP contribution in [-0.4, -0.2) is 47.1 Å². The predicted octanol–water partition coefficient (Wildman–Crippen LogP) is 6.36. The molecule has 206 valence electrons. The summed E-state index contributed by atoms with van der Waals surface area (Å²) in [5.74, 6) is 0.280. The van der Waals surface area contributed by atoms with Gasteiger partial charge in [0.25, 0.3) is 0 Å². The number of hydrogen-bond donors (Lipinski definition) is 3. The zero-order valence-corrected chi connectivity index (χ0v) is 22.6. The minimum Gasteiger partial charge on any atom is -0.508 e. The molecule has 1 atom stereocenters. The molecule has 1 aromatic heterocycles. The number of hydrogen-bond acceptors (Lipinski definition) is 8. The van der Waals surface area contributed by atoms with Crippen molar-refractivity contribution in [1.82, 2.24) is 9.97 Å². The first-order valence-corrected chi connectivity index (χ1v) is 13.5. The maximum Gasteiger partial charge on any atom is 0.245 e. The molecule has 2 heterocycles. The molecular formula is C31H33FN6O2. The molecule has 1 aliphatic heterocycles. The number of phenolic OH excluding ortho intramolecular Hbond substituents is 1. The number of aryl methyl sites for hydroxylation is 1. The normalized spacial score (nSPS) is 15.4. The first kappa shape index (κ1) is 27.1. The van der Waals surface area contributed by atoms with Gasteiger partial charge in [0.2, 0.25) is 5.95 Å². The number of nitrogens with zero attached hydrogens (tertiary/aromatic N) is 4. The van der Waals surface area contributed by atoms with Gasteiger partial charge in [-0.05, 0) is 71.5 Å². The SMILES string of the molecule is CCc1cc(Nc2ccc(-c3cccc(O)c3)cc2)ccc1/C=N/Nc1ncc(F)c(N2CCOC(CC)C2)n1. The summed E-state index contributed by atoms with van der Waals surface area (Å²) in [5, 5.41) is 17.5. The number of hydrazone groups is 1. The summed E-state index contributed by atoms with van der Waals surface area (Å²) in [6.45, 7) is 5.85. The van der Waals surface area contributed by atoms with Gasteiger partial charge in [-0.15, -0.1) is 0 Å². The van der Waals surface area contributed by atoms with Gasteiger partial charge in [0.05, 0.1) is 25.1 Å². The van der Waals surface area contributed by atoms with Crippen molar-refractivity contribution in [2.24, 2.45) is 5.10 Å². The minimum absolute atomic E-state index is 0.0616. The maximum absolute atomic E-state index is 14.5. The van der Waals surface area contributed by atoms with Crippen molar-refractivity contribution in [1.29, 1.82) is 0 Å². The van der Waals surface area contributed by atoms with Gasteiger partial charge in [-0.3, -0.25) is 0 Å². The van der Waals surface area contributed by atoms with E-state index in [1.54, 1.807) is 18.3 Å². The predicted molar refractivity (Wildman–Crippen MR) is 158 cm³/mol. The van der Waals surface area contributed by atoms with Crippen LogP contribution in [0.4, 0.5) is 27.5 Å². The molecule has 1 aliphatic rings. The summed E-state index contributed by atoms with van der Waals surface area (Å²) in [6, 6.07) is 21.4. The highest BCUT2D eigenvalue weighted by Crippen LogP contribution is 2.27. The van der Waals surface area contributed by atoms with Gasteiger partial charge >= 0.3 is 0 Å². The van der Waals surface area contributed by atoms with E-state index in [9.17, 15) is 9.50 Å². The van der Waals surface area contributed by atoms with E-state index in [1.165, 1.54) is 6.20 Å². The number of morpholine rings is 1. The average molecular weight is 541 g/mol. The Labute approximate surface area is 233 Å². The topological polar surface area (TPSA) is 94.9 Å². The molecule has 0 aliphatic carbocycles. The summed E-state index contributed by atoms with van der Waals surface area (Å²) in [4.78, 5) is 10.3. The number of ether oxygens (including phenoxy) is 1. The van der Waals surface area contributed by atoms with Crippen molar-refractivity contribution in [3.8, 4) is 16.9 Å². The second-order valence-corrected chi connectivity index (χ2v) is 9.60. The van der Waals surface area contributed by atoms with Crippen LogP contribution in [0.2, 0.25) is 0 Å². The van der Waals surface area contributed by atoms with Gasteiger partial charge in [0.15, 0.2) is 11.6 Å². The van der Waals surface area contributed by atoms with E-state index >= 15 is 0 Å². The summed E-state index contributed by atoms with van der Waals surface area (Å²) in [7, 11) is 0. The molecule has 0 bridgehead atoms. The summed E-state index contributed by atoms with van der Waals surface area (Å²) < 4.78 is 20.2. The molecule has 3 N–H and O–H groups in total. The van der Waals surface area contributed by atoms with Crippen molar-refractivity contribution in [2.75, 3.05) is 35.3 Å². The minimum atomic E-state index is -0.461. The third kappa shape index (κ3) is 6.55. The Morgan fingerprint density at radius 3 is 2.67 bits per heavy atom. The van der Waals surface area contributed by atoms with Gasteiger partial charge in [-0.25, -0.2) is 14.8 Å². The summed E-state index contributed by atoms with van der Waals surface area (Å²) in [6.07, 6.45) is 4.64. The van der Waals surface area contributed by atoms with Crippen molar-refractivity contribution < 1.29 is 14.2 Å². The van der Waals surface area contributed by atoms with Gasteiger partial charge in [0.1, 0.15) is 5.75 Å². The van der Waals surface area contributed by atoms with Crippen molar-refractivity contribution in [3.63, 3.8) is 0 Å². The van der Waals surface area contributed by atoms with Gasteiger partial charge in [0, 0.05) is 24.5 Å². The van der Waals surface area contributed by atoms with Crippen LogP contribution in [0.3, 0.4) is 0 Å². The van der Waals surface area contributed by atoms with Gasteiger partial charge in [-0.2, -0.15) is 10.1 Å². The molecule has 5 rings (SSSR count). The highest BCUT2D eigenvalue weighted by atomic mass is 19.1. The maximum atomic E-state index is 14.5. The molecule has 0 amide bonds. The van der Waals surface area contributed by atoms with E-state index in [0.29, 0.717) is 19.7 Å². The number of aromatic nitrogens is 2. The van der Waals surface area contributed by atoms with E-state index in [1.807, 2.05) is 53.4 Å².